The van der Waals surface area contributed by atoms with Crippen LogP contribution in [0.3, 0.4) is 0 Å². The number of imidazole rings is 1. The summed E-state index contributed by atoms with van der Waals surface area (Å²) in [5, 5.41) is 5.32. The topological polar surface area (TPSA) is 17.8 Å². The molecule has 1 heterocycles. The third kappa shape index (κ3) is 5.44. The Hall–Kier alpha value is -5.99. The highest BCUT2D eigenvalue weighted by molar-refractivity contribution is 6.19. The molecule has 2 unspecified atom stereocenters. The highest BCUT2D eigenvalue weighted by atomic mass is 15.1. The summed E-state index contributed by atoms with van der Waals surface area (Å²) >= 11 is 0. The van der Waals surface area contributed by atoms with E-state index >= 15 is 0 Å². The molecule has 0 fully saturated rings. The first-order valence-corrected chi connectivity index (χ1v) is 19.2. The number of hydrogen-bond donors (Lipinski definition) is 0. The molecule has 2 atom stereocenters. The summed E-state index contributed by atoms with van der Waals surface area (Å²) in [6.07, 6.45) is 11.4. The Morgan fingerprint density at radius 3 is 2.13 bits per heavy atom. The van der Waals surface area contributed by atoms with E-state index in [1.54, 1.807) is 0 Å². The number of nitrogens with zero attached hydrogens (tertiary/aromatic N) is 2. The van der Waals surface area contributed by atoms with Crippen LogP contribution in [0.5, 0.6) is 0 Å². The SMILES string of the molecule is CC1Cc2cc(-c3c4ccccc4c(C4=CC=CCC4)c4cc(-c5ccc(-n6c(-c7ccccc7)nc7ccccc76)cc5)ccc34)ccc2C(C)C1. The second-order valence-corrected chi connectivity index (χ2v) is 15.2. The first kappa shape index (κ1) is 31.7. The van der Waals surface area contributed by atoms with E-state index in [1.807, 2.05) is 0 Å². The average molecular weight is 683 g/mol. The molecule has 0 saturated heterocycles. The van der Waals surface area contributed by atoms with Crippen LogP contribution in [0.1, 0.15) is 55.7 Å². The van der Waals surface area contributed by atoms with Crippen LogP contribution in [-0.2, 0) is 6.42 Å². The van der Waals surface area contributed by atoms with Gasteiger partial charge in [0.1, 0.15) is 5.82 Å². The van der Waals surface area contributed by atoms with Gasteiger partial charge >= 0.3 is 0 Å². The van der Waals surface area contributed by atoms with Gasteiger partial charge in [-0.1, -0.05) is 141 Å². The van der Waals surface area contributed by atoms with Gasteiger partial charge in [0, 0.05) is 11.3 Å². The van der Waals surface area contributed by atoms with Crippen LogP contribution >= 0.6 is 0 Å². The van der Waals surface area contributed by atoms with Crippen molar-refractivity contribution in [3.05, 3.63) is 174 Å². The number of aromatic nitrogens is 2. The molecular weight excluding hydrogens is 641 g/mol. The number of hydrogen-bond acceptors (Lipinski definition) is 1. The van der Waals surface area contributed by atoms with Crippen LogP contribution in [0.15, 0.2) is 158 Å². The van der Waals surface area contributed by atoms with Gasteiger partial charge in [-0.2, -0.15) is 0 Å². The van der Waals surface area contributed by atoms with E-state index in [4.69, 9.17) is 4.98 Å². The van der Waals surface area contributed by atoms with Crippen molar-refractivity contribution in [3.8, 4) is 39.3 Å². The van der Waals surface area contributed by atoms with Crippen molar-refractivity contribution in [2.75, 3.05) is 0 Å². The Bertz CT molecular complexity index is 2740. The summed E-state index contributed by atoms with van der Waals surface area (Å²) in [4.78, 5) is 5.07. The number of benzene rings is 7. The van der Waals surface area contributed by atoms with Crippen LogP contribution < -0.4 is 0 Å². The molecule has 256 valence electrons. The quantitative estimate of drug-likeness (QED) is 0.165. The molecule has 2 aliphatic rings. The Morgan fingerprint density at radius 1 is 0.604 bits per heavy atom. The Kier molecular flexibility index (Phi) is 7.72. The van der Waals surface area contributed by atoms with E-state index in [9.17, 15) is 0 Å². The molecule has 10 rings (SSSR count). The maximum absolute atomic E-state index is 5.07. The largest absolute Gasteiger partial charge is 0.292 e. The standard InChI is InChI=1S/C51H42N2/c1-33-29-34(2)42-27-24-39(31-40(42)30-33)50-44-18-10-9-17-43(44)49(36-13-5-3-6-14-36)46-32-38(23-28-45(46)50)35-21-25-41(26-22-35)53-48-20-12-11-19-47(48)52-51(53)37-15-7-4-8-16-37/h3-5,7-13,15-28,31-34H,6,14,29-30H2,1-2H3. The van der Waals surface area contributed by atoms with E-state index < -0.39 is 0 Å². The number of rotatable bonds is 5. The monoisotopic (exact) mass is 682 g/mol. The van der Waals surface area contributed by atoms with Gasteiger partial charge in [0.05, 0.1) is 11.0 Å². The zero-order valence-electron chi connectivity index (χ0n) is 30.4. The molecule has 0 aliphatic heterocycles. The van der Waals surface area contributed by atoms with Crippen LogP contribution in [0.4, 0.5) is 0 Å². The molecule has 0 radical (unpaired) electrons. The lowest BCUT2D eigenvalue weighted by Gasteiger charge is -2.28. The van der Waals surface area contributed by atoms with Crippen molar-refractivity contribution in [2.45, 2.75) is 45.4 Å². The van der Waals surface area contributed by atoms with Gasteiger partial charge in [0.25, 0.3) is 0 Å². The summed E-state index contributed by atoms with van der Waals surface area (Å²) in [7, 11) is 0. The molecule has 7 aromatic carbocycles. The van der Waals surface area contributed by atoms with E-state index in [0.717, 1.165) is 47.4 Å². The highest BCUT2D eigenvalue weighted by Crippen LogP contribution is 2.46. The van der Waals surface area contributed by atoms with Crippen molar-refractivity contribution in [2.24, 2.45) is 5.92 Å². The first-order valence-electron chi connectivity index (χ1n) is 19.2. The van der Waals surface area contributed by atoms with Gasteiger partial charge in [-0.3, -0.25) is 4.57 Å². The molecule has 8 aromatic rings. The average Bonchev–Trinajstić information content (AvgIpc) is 3.60. The molecule has 53 heavy (non-hydrogen) atoms. The second kappa shape index (κ2) is 12.9. The summed E-state index contributed by atoms with van der Waals surface area (Å²) in [5.41, 5.74) is 15.3. The van der Waals surface area contributed by atoms with E-state index in [-0.39, 0.29) is 0 Å². The third-order valence-electron chi connectivity index (χ3n) is 11.7. The Labute approximate surface area is 311 Å². The molecule has 2 nitrogen and oxygen atoms in total. The smallest absolute Gasteiger partial charge is 0.145 e. The highest BCUT2D eigenvalue weighted by Gasteiger charge is 2.24. The van der Waals surface area contributed by atoms with E-state index in [0.29, 0.717) is 11.8 Å². The van der Waals surface area contributed by atoms with Crippen LogP contribution in [0.25, 0.3) is 77.5 Å². The molecule has 2 aliphatic carbocycles. The predicted molar refractivity (Wildman–Crippen MR) is 225 cm³/mol. The molecule has 0 bridgehead atoms. The molecule has 0 spiro atoms. The number of para-hydroxylation sites is 2. The Morgan fingerprint density at radius 2 is 1.32 bits per heavy atom. The lowest BCUT2D eigenvalue weighted by Crippen LogP contribution is -2.14. The summed E-state index contributed by atoms with van der Waals surface area (Å²) < 4.78 is 2.29. The molecule has 2 heteroatoms. The predicted octanol–water partition coefficient (Wildman–Crippen LogP) is 13.8. The van der Waals surface area contributed by atoms with Crippen molar-refractivity contribution in [1.29, 1.82) is 0 Å². The third-order valence-corrected chi connectivity index (χ3v) is 11.7. The summed E-state index contributed by atoms with van der Waals surface area (Å²) in [6, 6.07) is 51.6. The second-order valence-electron chi connectivity index (χ2n) is 15.2. The van der Waals surface area contributed by atoms with Crippen LogP contribution in [-0.4, -0.2) is 9.55 Å². The van der Waals surface area contributed by atoms with Crippen molar-refractivity contribution < 1.29 is 0 Å². The molecule has 1 aromatic heterocycles. The minimum atomic E-state index is 0.608. The van der Waals surface area contributed by atoms with Gasteiger partial charge in [-0.25, -0.2) is 4.98 Å². The molecular formula is C51H42N2. The number of allylic oxidation sites excluding steroid dienone is 4. The van der Waals surface area contributed by atoms with Gasteiger partial charge in [0.15, 0.2) is 0 Å². The zero-order valence-corrected chi connectivity index (χ0v) is 30.4. The van der Waals surface area contributed by atoms with Gasteiger partial charge in [-0.15, -0.1) is 0 Å². The maximum atomic E-state index is 5.07. The molecule has 0 N–H and O–H groups in total. The number of fused-ring (bicyclic) bond motifs is 4. The van der Waals surface area contributed by atoms with Gasteiger partial charge < -0.3 is 0 Å². The van der Waals surface area contributed by atoms with Crippen molar-refractivity contribution >= 4 is 38.2 Å². The van der Waals surface area contributed by atoms with Crippen LogP contribution in [0, 0.1) is 5.92 Å². The lowest BCUT2D eigenvalue weighted by molar-refractivity contribution is 0.450. The summed E-state index contributed by atoms with van der Waals surface area (Å²) in [6.45, 7) is 4.81. The Balaban J connectivity index is 1.15. The molecule has 0 amide bonds. The van der Waals surface area contributed by atoms with E-state index in [1.165, 1.54) is 72.5 Å². The van der Waals surface area contributed by atoms with Crippen molar-refractivity contribution in [3.63, 3.8) is 0 Å². The summed E-state index contributed by atoms with van der Waals surface area (Å²) in [5.74, 6) is 2.27. The van der Waals surface area contributed by atoms with Gasteiger partial charge in [-0.05, 0) is 134 Å². The zero-order chi connectivity index (χ0) is 35.5. The fourth-order valence-corrected chi connectivity index (χ4v) is 9.31. The fourth-order valence-electron chi connectivity index (χ4n) is 9.31. The minimum absolute atomic E-state index is 0.608. The normalized spacial score (nSPS) is 17.0. The maximum Gasteiger partial charge on any atom is 0.145 e. The van der Waals surface area contributed by atoms with Crippen LogP contribution in [0.2, 0.25) is 0 Å². The first-order chi connectivity index (χ1) is 26.1. The minimum Gasteiger partial charge on any atom is -0.292 e. The van der Waals surface area contributed by atoms with Gasteiger partial charge in [0.2, 0.25) is 0 Å². The van der Waals surface area contributed by atoms with Crippen molar-refractivity contribution in [1.82, 2.24) is 9.55 Å². The molecule has 0 saturated carbocycles. The van der Waals surface area contributed by atoms with E-state index in [2.05, 4.69) is 176 Å². The fraction of sp³-hybridized carbons (Fsp3) is 0.157. The lowest BCUT2D eigenvalue weighted by atomic mass is 9.77.